The van der Waals surface area contributed by atoms with Crippen molar-refractivity contribution < 1.29 is 4.39 Å². The average Bonchev–Trinajstić information content (AvgIpc) is 2.49. The predicted molar refractivity (Wildman–Crippen MR) is 82.7 cm³/mol. The molecule has 2 atom stereocenters. The summed E-state index contributed by atoms with van der Waals surface area (Å²) in [5.41, 5.74) is 3.86. The molecule has 0 aliphatic heterocycles. The van der Waals surface area contributed by atoms with E-state index in [1.165, 1.54) is 23.4 Å². The van der Waals surface area contributed by atoms with Crippen LogP contribution >= 0.6 is 0 Å². The summed E-state index contributed by atoms with van der Waals surface area (Å²) in [6.45, 7) is 3.11. The van der Waals surface area contributed by atoms with Gasteiger partial charge in [0, 0.05) is 0 Å². The minimum Gasteiger partial charge on any atom is -0.309 e. The van der Waals surface area contributed by atoms with Crippen LogP contribution in [0.3, 0.4) is 0 Å². The predicted octanol–water partition coefficient (Wildman–Crippen LogP) is 3.99. The number of rotatable bonds is 6. The molecule has 1 aliphatic rings. The molecule has 1 aromatic heterocycles. The Morgan fingerprint density at radius 3 is 2.86 bits per heavy atom. The van der Waals surface area contributed by atoms with Crippen molar-refractivity contribution in [1.82, 2.24) is 10.3 Å². The Morgan fingerprint density at radius 2 is 2.14 bits per heavy atom. The first-order valence-corrected chi connectivity index (χ1v) is 7.70. The fourth-order valence-corrected chi connectivity index (χ4v) is 3.08. The first-order chi connectivity index (χ1) is 10.3. The SMILES string of the molecule is CCCNC(CC1Cc2ccccc21)c1ccc(F)cn1. The topological polar surface area (TPSA) is 24.9 Å². The van der Waals surface area contributed by atoms with E-state index in [0.717, 1.165) is 31.5 Å². The highest BCUT2D eigenvalue weighted by Gasteiger charge is 2.28. The van der Waals surface area contributed by atoms with Crippen LogP contribution in [0.25, 0.3) is 0 Å². The molecule has 0 saturated heterocycles. The number of aromatic nitrogens is 1. The van der Waals surface area contributed by atoms with E-state index < -0.39 is 0 Å². The third kappa shape index (κ3) is 3.13. The van der Waals surface area contributed by atoms with Gasteiger partial charge >= 0.3 is 0 Å². The van der Waals surface area contributed by atoms with E-state index in [1.807, 2.05) is 0 Å². The van der Waals surface area contributed by atoms with Crippen molar-refractivity contribution in [2.75, 3.05) is 6.54 Å². The smallest absolute Gasteiger partial charge is 0.141 e. The minimum atomic E-state index is -0.276. The second-order valence-electron chi connectivity index (χ2n) is 5.74. The van der Waals surface area contributed by atoms with Crippen LogP contribution in [0.5, 0.6) is 0 Å². The lowest BCUT2D eigenvalue weighted by molar-refractivity contribution is 0.420. The Kier molecular flexibility index (Phi) is 4.30. The lowest BCUT2D eigenvalue weighted by Gasteiger charge is -2.33. The fraction of sp³-hybridized carbons (Fsp3) is 0.389. The first-order valence-electron chi connectivity index (χ1n) is 7.70. The molecule has 0 amide bonds. The zero-order valence-electron chi connectivity index (χ0n) is 12.3. The zero-order chi connectivity index (χ0) is 14.7. The van der Waals surface area contributed by atoms with Crippen LogP contribution in [0.2, 0.25) is 0 Å². The molecule has 0 radical (unpaired) electrons. The Balaban J connectivity index is 1.73. The molecule has 1 aliphatic carbocycles. The van der Waals surface area contributed by atoms with Crippen molar-refractivity contribution >= 4 is 0 Å². The lowest BCUT2D eigenvalue weighted by atomic mass is 9.74. The molecule has 3 rings (SSSR count). The van der Waals surface area contributed by atoms with Gasteiger partial charge in [0.2, 0.25) is 0 Å². The number of benzene rings is 1. The number of pyridine rings is 1. The molecule has 2 nitrogen and oxygen atoms in total. The summed E-state index contributed by atoms with van der Waals surface area (Å²) in [7, 11) is 0. The summed E-state index contributed by atoms with van der Waals surface area (Å²) in [5.74, 6) is 0.310. The molecular formula is C18H21FN2. The number of nitrogens with zero attached hydrogens (tertiary/aromatic N) is 1. The van der Waals surface area contributed by atoms with Crippen LogP contribution in [0, 0.1) is 5.82 Å². The van der Waals surface area contributed by atoms with Gasteiger partial charge in [0.1, 0.15) is 5.82 Å². The van der Waals surface area contributed by atoms with Gasteiger partial charge in [0.25, 0.3) is 0 Å². The number of halogens is 1. The van der Waals surface area contributed by atoms with E-state index in [0.29, 0.717) is 5.92 Å². The molecule has 110 valence electrons. The first kappa shape index (κ1) is 14.2. The van der Waals surface area contributed by atoms with Crippen molar-refractivity contribution in [3.63, 3.8) is 0 Å². The van der Waals surface area contributed by atoms with Gasteiger partial charge in [-0.25, -0.2) is 4.39 Å². The molecule has 0 fully saturated rings. The molecule has 0 bridgehead atoms. The van der Waals surface area contributed by atoms with Crippen LogP contribution in [-0.4, -0.2) is 11.5 Å². The van der Waals surface area contributed by atoms with Crippen LogP contribution in [0.15, 0.2) is 42.6 Å². The summed E-state index contributed by atoms with van der Waals surface area (Å²) in [6.07, 6.45) is 4.56. The van der Waals surface area contributed by atoms with E-state index in [1.54, 1.807) is 6.07 Å². The molecule has 1 aromatic carbocycles. The number of hydrogen-bond donors (Lipinski definition) is 1. The largest absolute Gasteiger partial charge is 0.309 e. The zero-order valence-corrected chi connectivity index (χ0v) is 12.3. The maximum absolute atomic E-state index is 13.1. The minimum absolute atomic E-state index is 0.198. The molecule has 2 aromatic rings. The van der Waals surface area contributed by atoms with Gasteiger partial charge in [-0.15, -0.1) is 0 Å². The van der Waals surface area contributed by atoms with E-state index in [9.17, 15) is 4.39 Å². The van der Waals surface area contributed by atoms with Gasteiger partial charge in [-0.2, -0.15) is 0 Å². The van der Waals surface area contributed by atoms with E-state index in [2.05, 4.69) is 41.5 Å². The van der Waals surface area contributed by atoms with Crippen LogP contribution in [0.1, 0.15) is 48.5 Å². The quantitative estimate of drug-likeness (QED) is 0.867. The summed E-state index contributed by atoms with van der Waals surface area (Å²) < 4.78 is 13.1. The molecule has 1 N–H and O–H groups in total. The van der Waals surface area contributed by atoms with Crippen LogP contribution in [0.4, 0.5) is 4.39 Å². The van der Waals surface area contributed by atoms with Crippen LogP contribution < -0.4 is 5.32 Å². The van der Waals surface area contributed by atoms with Gasteiger partial charge in [0.15, 0.2) is 0 Å². The molecular weight excluding hydrogens is 263 g/mol. The Hall–Kier alpha value is -1.74. The van der Waals surface area contributed by atoms with Gasteiger partial charge in [-0.05, 0) is 55.0 Å². The second-order valence-corrected chi connectivity index (χ2v) is 5.74. The van der Waals surface area contributed by atoms with Gasteiger partial charge in [-0.3, -0.25) is 4.98 Å². The lowest BCUT2D eigenvalue weighted by Crippen LogP contribution is -2.28. The fourth-order valence-electron chi connectivity index (χ4n) is 3.08. The van der Waals surface area contributed by atoms with Crippen molar-refractivity contribution in [1.29, 1.82) is 0 Å². The molecule has 2 unspecified atom stereocenters. The van der Waals surface area contributed by atoms with Crippen molar-refractivity contribution in [3.8, 4) is 0 Å². The Labute approximate surface area is 125 Å². The number of nitrogens with one attached hydrogen (secondary N) is 1. The molecule has 3 heteroatoms. The summed E-state index contributed by atoms with van der Waals surface area (Å²) in [4.78, 5) is 4.26. The monoisotopic (exact) mass is 284 g/mol. The van der Waals surface area contributed by atoms with Gasteiger partial charge < -0.3 is 5.32 Å². The van der Waals surface area contributed by atoms with Crippen molar-refractivity contribution in [3.05, 3.63) is 65.2 Å². The highest BCUT2D eigenvalue weighted by molar-refractivity contribution is 5.40. The Bertz CT molecular complexity index is 594. The molecule has 0 spiro atoms. The highest BCUT2D eigenvalue weighted by atomic mass is 19.1. The maximum Gasteiger partial charge on any atom is 0.141 e. The van der Waals surface area contributed by atoms with Crippen molar-refractivity contribution in [2.45, 2.75) is 38.1 Å². The third-order valence-electron chi connectivity index (χ3n) is 4.23. The molecule has 0 saturated carbocycles. The second kappa shape index (κ2) is 6.35. The summed E-state index contributed by atoms with van der Waals surface area (Å²) in [5, 5.41) is 3.55. The number of hydrogen-bond acceptors (Lipinski definition) is 2. The standard InChI is InChI=1S/C18H21FN2/c1-2-9-20-18(17-8-7-15(19)12-21-17)11-14-10-13-5-3-4-6-16(13)14/h3-8,12,14,18,20H,2,9-11H2,1H3. The maximum atomic E-state index is 13.1. The van der Waals surface area contributed by atoms with E-state index >= 15 is 0 Å². The van der Waals surface area contributed by atoms with E-state index in [-0.39, 0.29) is 11.9 Å². The third-order valence-corrected chi connectivity index (χ3v) is 4.23. The summed E-state index contributed by atoms with van der Waals surface area (Å²) >= 11 is 0. The number of fused-ring (bicyclic) bond motifs is 1. The van der Waals surface area contributed by atoms with Crippen LogP contribution in [-0.2, 0) is 6.42 Å². The highest BCUT2D eigenvalue weighted by Crippen LogP contribution is 2.40. The molecule has 1 heterocycles. The van der Waals surface area contributed by atoms with E-state index in [4.69, 9.17) is 0 Å². The normalized spacial score (nSPS) is 17.9. The van der Waals surface area contributed by atoms with Gasteiger partial charge in [0.05, 0.1) is 17.9 Å². The Morgan fingerprint density at radius 1 is 1.29 bits per heavy atom. The average molecular weight is 284 g/mol. The van der Waals surface area contributed by atoms with Gasteiger partial charge in [-0.1, -0.05) is 31.2 Å². The summed E-state index contributed by atoms with van der Waals surface area (Å²) in [6, 6.07) is 12.1. The molecule has 21 heavy (non-hydrogen) atoms. The van der Waals surface area contributed by atoms with Crippen molar-refractivity contribution in [2.24, 2.45) is 0 Å².